The molecule has 0 aliphatic rings. The third kappa shape index (κ3) is 17.2. The molecule has 0 bridgehead atoms. The van der Waals surface area contributed by atoms with Crippen LogP contribution in [0.2, 0.25) is 0 Å². The van der Waals surface area contributed by atoms with Crippen molar-refractivity contribution in [2.24, 2.45) is 0 Å². The van der Waals surface area contributed by atoms with Gasteiger partial charge in [-0.05, 0) is 0 Å². The highest BCUT2D eigenvalue weighted by atomic mass is 16.5. The summed E-state index contributed by atoms with van der Waals surface area (Å²) in [5.41, 5.74) is 0. The Morgan fingerprint density at radius 3 is 1.37 bits per heavy atom. The van der Waals surface area contributed by atoms with Gasteiger partial charge in [0.05, 0.1) is 39.3 Å². The van der Waals surface area contributed by atoms with E-state index in [-0.39, 0.29) is 78.3 Å². The maximum absolute atomic E-state index is 11.3. The number of carbonyl (C=O) groups excluding carboxylic acids is 2. The van der Waals surface area contributed by atoms with E-state index in [1.165, 1.54) is 0 Å². The summed E-state index contributed by atoms with van der Waals surface area (Å²) in [6.45, 7) is 1.09. The van der Waals surface area contributed by atoms with E-state index in [2.05, 4.69) is 10.6 Å². The van der Waals surface area contributed by atoms with Crippen molar-refractivity contribution in [3.05, 3.63) is 0 Å². The van der Waals surface area contributed by atoms with Crippen LogP contribution in [0.3, 0.4) is 0 Å². The molecule has 0 fully saturated rings. The van der Waals surface area contributed by atoms with Gasteiger partial charge in [-0.2, -0.15) is 0 Å². The van der Waals surface area contributed by atoms with E-state index in [0.717, 1.165) is 4.90 Å². The van der Waals surface area contributed by atoms with Crippen molar-refractivity contribution in [2.75, 3.05) is 52.6 Å². The van der Waals surface area contributed by atoms with Gasteiger partial charge in [-0.1, -0.05) is 0 Å². The fourth-order valence-electron chi connectivity index (χ4n) is 2.00. The molecule has 13 nitrogen and oxygen atoms in total. The van der Waals surface area contributed by atoms with Gasteiger partial charge in [0.1, 0.15) is 0 Å². The van der Waals surface area contributed by atoms with Gasteiger partial charge in [0.25, 0.3) is 0 Å². The Labute approximate surface area is 173 Å². The third-order valence-corrected chi connectivity index (χ3v) is 3.55. The van der Waals surface area contributed by atoms with Crippen molar-refractivity contribution < 1.29 is 48.8 Å². The van der Waals surface area contributed by atoms with Gasteiger partial charge < -0.3 is 40.3 Å². The standard InChI is InChI=1S/C17H29N3O10/c21-13(1-3-15(23)24)18-5-9-29-11-7-20(17(27)28)8-12-30-10-6-19-14(22)2-4-16(25)26/h1-12H2,(H,18,21)(H,19,22)(H,23,24)(H,25,26)(H,27,28). The minimum atomic E-state index is -1.15. The first-order valence-electron chi connectivity index (χ1n) is 9.32. The second kappa shape index (κ2) is 17.0. The number of carboxylic acids is 2. The lowest BCUT2D eigenvalue weighted by Gasteiger charge is -2.19. The molecule has 0 saturated heterocycles. The van der Waals surface area contributed by atoms with Crippen LogP contribution in [0.25, 0.3) is 0 Å². The highest BCUT2D eigenvalue weighted by molar-refractivity contribution is 5.81. The van der Waals surface area contributed by atoms with Crippen molar-refractivity contribution in [1.82, 2.24) is 15.5 Å². The quantitative estimate of drug-likeness (QED) is 0.166. The van der Waals surface area contributed by atoms with Crippen LogP contribution >= 0.6 is 0 Å². The summed E-state index contributed by atoms with van der Waals surface area (Å²) in [5.74, 6) is -2.91. The number of carbonyl (C=O) groups is 5. The first-order valence-corrected chi connectivity index (χ1v) is 9.32. The summed E-state index contributed by atoms with van der Waals surface area (Å²) in [6.07, 6.45) is -1.88. The molecular weight excluding hydrogens is 406 g/mol. The minimum Gasteiger partial charge on any atom is -0.481 e. The van der Waals surface area contributed by atoms with Gasteiger partial charge >= 0.3 is 18.0 Å². The van der Waals surface area contributed by atoms with Gasteiger partial charge in [0.15, 0.2) is 0 Å². The Bertz CT molecular complexity index is 528. The lowest BCUT2D eigenvalue weighted by Crippen LogP contribution is -2.36. The normalized spacial score (nSPS) is 10.3. The summed E-state index contributed by atoms with van der Waals surface area (Å²) >= 11 is 0. The number of nitrogens with one attached hydrogen (secondary N) is 2. The van der Waals surface area contributed by atoms with Crippen LogP contribution in [-0.2, 0) is 28.7 Å². The Morgan fingerprint density at radius 2 is 1.03 bits per heavy atom. The monoisotopic (exact) mass is 435 g/mol. The van der Waals surface area contributed by atoms with E-state index in [1.54, 1.807) is 0 Å². The Balaban J connectivity index is 3.73. The highest BCUT2D eigenvalue weighted by Gasteiger charge is 2.11. The van der Waals surface area contributed by atoms with Crippen LogP contribution in [0.15, 0.2) is 0 Å². The van der Waals surface area contributed by atoms with Gasteiger partial charge in [-0.25, -0.2) is 4.79 Å². The van der Waals surface area contributed by atoms with Crippen molar-refractivity contribution in [3.63, 3.8) is 0 Å². The molecule has 0 spiro atoms. The van der Waals surface area contributed by atoms with Gasteiger partial charge in [-0.3, -0.25) is 19.2 Å². The Morgan fingerprint density at radius 1 is 0.633 bits per heavy atom. The lowest BCUT2D eigenvalue weighted by molar-refractivity contribution is -0.139. The molecular formula is C17H29N3O10. The molecule has 0 unspecified atom stereocenters. The molecule has 0 rings (SSSR count). The molecule has 13 heteroatoms. The molecule has 0 heterocycles. The zero-order valence-electron chi connectivity index (χ0n) is 16.6. The second-order valence-electron chi connectivity index (χ2n) is 5.98. The summed E-state index contributed by atoms with van der Waals surface area (Å²) in [5, 5.41) is 31.0. The average Bonchev–Trinajstić information content (AvgIpc) is 2.67. The van der Waals surface area contributed by atoms with Crippen LogP contribution < -0.4 is 10.6 Å². The van der Waals surface area contributed by atoms with E-state index in [1.807, 2.05) is 0 Å². The van der Waals surface area contributed by atoms with Gasteiger partial charge in [-0.15, -0.1) is 0 Å². The maximum atomic E-state index is 11.3. The van der Waals surface area contributed by atoms with E-state index < -0.39 is 29.8 Å². The molecule has 30 heavy (non-hydrogen) atoms. The topological polar surface area (TPSA) is 192 Å². The predicted molar refractivity (Wildman–Crippen MR) is 101 cm³/mol. The first-order chi connectivity index (χ1) is 14.2. The minimum absolute atomic E-state index is 0.0948. The fraction of sp³-hybridized carbons (Fsp3) is 0.706. The number of carboxylic acid groups (broad SMARTS) is 3. The summed E-state index contributed by atoms with van der Waals surface area (Å²) in [6, 6.07) is 0. The average molecular weight is 435 g/mol. The molecule has 0 aromatic rings. The molecule has 3 amide bonds. The molecule has 0 saturated carbocycles. The zero-order chi connectivity index (χ0) is 22.8. The molecule has 172 valence electrons. The van der Waals surface area contributed by atoms with E-state index in [4.69, 9.17) is 24.8 Å². The molecule has 0 aromatic heterocycles. The summed E-state index contributed by atoms with van der Waals surface area (Å²) in [7, 11) is 0. The van der Waals surface area contributed by atoms with Crippen LogP contribution in [-0.4, -0.2) is 103 Å². The largest absolute Gasteiger partial charge is 0.481 e. The van der Waals surface area contributed by atoms with Crippen LogP contribution in [0.4, 0.5) is 4.79 Å². The van der Waals surface area contributed by atoms with Crippen molar-refractivity contribution >= 4 is 29.8 Å². The van der Waals surface area contributed by atoms with E-state index >= 15 is 0 Å². The summed E-state index contributed by atoms with van der Waals surface area (Å²) < 4.78 is 10.5. The van der Waals surface area contributed by atoms with Crippen molar-refractivity contribution in [2.45, 2.75) is 25.7 Å². The van der Waals surface area contributed by atoms with Crippen LogP contribution in [0.5, 0.6) is 0 Å². The van der Waals surface area contributed by atoms with Crippen molar-refractivity contribution in [1.29, 1.82) is 0 Å². The fourth-order valence-corrected chi connectivity index (χ4v) is 2.00. The lowest BCUT2D eigenvalue weighted by atomic mass is 10.3. The van der Waals surface area contributed by atoms with Crippen LogP contribution in [0, 0.1) is 0 Å². The number of amides is 3. The first kappa shape index (κ1) is 27.1. The van der Waals surface area contributed by atoms with Gasteiger partial charge in [0, 0.05) is 39.0 Å². The Hall–Kier alpha value is -2.93. The number of hydrogen-bond acceptors (Lipinski definition) is 7. The predicted octanol–water partition coefficient (Wildman–Crippen LogP) is -1.04. The zero-order valence-corrected chi connectivity index (χ0v) is 16.6. The highest BCUT2D eigenvalue weighted by Crippen LogP contribution is 1.92. The molecule has 0 aliphatic carbocycles. The SMILES string of the molecule is O=C(O)CCC(=O)NCCOCCN(CCOCCNC(=O)CCC(=O)O)C(=O)O. The number of hydrogen-bond donors (Lipinski definition) is 5. The molecule has 0 atom stereocenters. The van der Waals surface area contributed by atoms with Gasteiger partial charge in [0.2, 0.25) is 11.8 Å². The van der Waals surface area contributed by atoms with Crippen LogP contribution in [0.1, 0.15) is 25.7 Å². The Kier molecular flexibility index (Phi) is 15.3. The maximum Gasteiger partial charge on any atom is 0.407 e. The smallest absolute Gasteiger partial charge is 0.407 e. The molecule has 0 aromatic carbocycles. The molecule has 0 aliphatic heterocycles. The molecule has 5 N–H and O–H groups in total. The number of rotatable bonds is 18. The second-order valence-corrected chi connectivity index (χ2v) is 5.98. The number of nitrogens with zero attached hydrogens (tertiary/aromatic N) is 1. The number of aliphatic carboxylic acids is 2. The molecule has 0 radical (unpaired) electrons. The summed E-state index contributed by atoms with van der Waals surface area (Å²) in [4.78, 5) is 55.5. The third-order valence-electron chi connectivity index (χ3n) is 3.55. The number of ether oxygens (including phenoxy) is 2. The van der Waals surface area contributed by atoms with Crippen molar-refractivity contribution in [3.8, 4) is 0 Å². The van der Waals surface area contributed by atoms with E-state index in [9.17, 15) is 24.0 Å². The van der Waals surface area contributed by atoms with E-state index in [0.29, 0.717) is 0 Å².